The van der Waals surface area contributed by atoms with Gasteiger partial charge in [-0.15, -0.1) is 0 Å². The Morgan fingerprint density at radius 3 is 3.36 bits per heavy atom. The molecule has 2 rings (SSSR count). The summed E-state index contributed by atoms with van der Waals surface area (Å²) in [5.41, 5.74) is 1.21. The van der Waals surface area contributed by atoms with E-state index in [4.69, 9.17) is 0 Å². The van der Waals surface area contributed by atoms with Crippen molar-refractivity contribution < 1.29 is 0 Å². The average molecular weight is 152 g/mol. The molecule has 0 radical (unpaired) electrons. The number of aromatic nitrogens is 2. The Labute approximate surface area is 65.1 Å². The van der Waals surface area contributed by atoms with E-state index >= 15 is 0 Å². The third-order valence-electron chi connectivity index (χ3n) is 2.34. The van der Waals surface area contributed by atoms with Crippen LogP contribution in [-0.4, -0.2) is 9.55 Å². The first-order valence-corrected chi connectivity index (χ1v) is 4.04. The molecule has 0 amide bonds. The molecule has 1 atom stereocenters. The van der Waals surface area contributed by atoms with Gasteiger partial charge in [-0.25, -0.2) is 4.79 Å². The summed E-state index contributed by atoms with van der Waals surface area (Å²) in [4.78, 5) is 13.8. The van der Waals surface area contributed by atoms with Crippen LogP contribution < -0.4 is 5.69 Å². The van der Waals surface area contributed by atoms with Gasteiger partial charge in [-0.2, -0.15) is 0 Å². The van der Waals surface area contributed by atoms with E-state index in [0.717, 1.165) is 18.7 Å². The van der Waals surface area contributed by atoms with Gasteiger partial charge >= 0.3 is 5.69 Å². The number of fused-ring (bicyclic) bond motifs is 1. The molecular weight excluding hydrogens is 140 g/mol. The lowest BCUT2D eigenvalue weighted by Gasteiger charge is -2.19. The van der Waals surface area contributed by atoms with Crippen LogP contribution >= 0.6 is 0 Å². The molecular formula is C8H12N2O. The lowest BCUT2D eigenvalue weighted by molar-refractivity contribution is 0.392. The summed E-state index contributed by atoms with van der Waals surface area (Å²) in [5.74, 6) is 0.649. The maximum Gasteiger partial charge on any atom is 0.325 e. The molecule has 0 fully saturated rings. The summed E-state index contributed by atoms with van der Waals surface area (Å²) in [6.07, 6.45) is 4.07. The van der Waals surface area contributed by atoms with Crippen LogP contribution in [0.15, 0.2) is 11.0 Å². The van der Waals surface area contributed by atoms with E-state index in [1.807, 2.05) is 10.8 Å². The second kappa shape index (κ2) is 2.26. The maximum absolute atomic E-state index is 11.1. The number of aryl methyl sites for hydroxylation is 1. The Bertz CT molecular complexity index is 310. The van der Waals surface area contributed by atoms with E-state index < -0.39 is 0 Å². The molecule has 1 aliphatic rings. The quantitative estimate of drug-likeness (QED) is 0.585. The molecule has 0 aromatic carbocycles. The van der Waals surface area contributed by atoms with E-state index in [9.17, 15) is 4.79 Å². The van der Waals surface area contributed by atoms with Gasteiger partial charge in [0.25, 0.3) is 0 Å². The summed E-state index contributed by atoms with van der Waals surface area (Å²) in [5, 5.41) is 0. The van der Waals surface area contributed by atoms with Gasteiger partial charge in [-0.1, -0.05) is 6.92 Å². The molecule has 1 unspecified atom stereocenters. The molecule has 1 aliphatic heterocycles. The first-order valence-electron chi connectivity index (χ1n) is 4.04. The molecule has 0 saturated heterocycles. The number of rotatable bonds is 0. The van der Waals surface area contributed by atoms with Crippen molar-refractivity contribution in [1.82, 2.24) is 9.55 Å². The Morgan fingerprint density at radius 1 is 1.73 bits per heavy atom. The van der Waals surface area contributed by atoms with Gasteiger partial charge in [0.05, 0.1) is 0 Å². The zero-order valence-electron chi connectivity index (χ0n) is 6.63. The Morgan fingerprint density at radius 2 is 2.55 bits per heavy atom. The van der Waals surface area contributed by atoms with Crippen molar-refractivity contribution in [2.45, 2.75) is 26.3 Å². The Kier molecular flexibility index (Phi) is 1.37. The lowest BCUT2D eigenvalue weighted by Crippen LogP contribution is -2.26. The van der Waals surface area contributed by atoms with Crippen molar-refractivity contribution in [3.63, 3.8) is 0 Å². The third kappa shape index (κ3) is 1.00. The highest BCUT2D eigenvalue weighted by atomic mass is 16.1. The molecule has 60 valence electrons. The number of nitrogens with zero attached hydrogens (tertiary/aromatic N) is 1. The topological polar surface area (TPSA) is 37.8 Å². The van der Waals surface area contributed by atoms with Crippen molar-refractivity contribution in [3.05, 3.63) is 22.4 Å². The summed E-state index contributed by atoms with van der Waals surface area (Å²) in [7, 11) is 0. The highest BCUT2D eigenvalue weighted by Gasteiger charge is 2.15. The first kappa shape index (κ1) is 6.70. The largest absolute Gasteiger partial charge is 0.325 e. The monoisotopic (exact) mass is 152 g/mol. The van der Waals surface area contributed by atoms with E-state index in [2.05, 4.69) is 11.9 Å². The SMILES string of the molecule is CC1CCc2c[nH]c(=O)n2C1. The van der Waals surface area contributed by atoms with Gasteiger partial charge in [0.1, 0.15) is 0 Å². The van der Waals surface area contributed by atoms with E-state index in [1.54, 1.807) is 0 Å². The average Bonchev–Trinajstić information content (AvgIpc) is 2.33. The van der Waals surface area contributed by atoms with Gasteiger partial charge in [0, 0.05) is 18.4 Å². The molecule has 0 aliphatic carbocycles. The van der Waals surface area contributed by atoms with Crippen molar-refractivity contribution >= 4 is 0 Å². The van der Waals surface area contributed by atoms with Gasteiger partial charge < -0.3 is 4.98 Å². The minimum absolute atomic E-state index is 0.0477. The Hall–Kier alpha value is -0.990. The van der Waals surface area contributed by atoms with Crippen LogP contribution in [0, 0.1) is 5.92 Å². The fraction of sp³-hybridized carbons (Fsp3) is 0.625. The zero-order chi connectivity index (χ0) is 7.84. The fourth-order valence-corrected chi connectivity index (χ4v) is 1.64. The van der Waals surface area contributed by atoms with Crippen LogP contribution in [0.4, 0.5) is 0 Å². The number of nitrogens with one attached hydrogen (secondary N) is 1. The van der Waals surface area contributed by atoms with Crippen molar-refractivity contribution in [3.8, 4) is 0 Å². The fourth-order valence-electron chi connectivity index (χ4n) is 1.64. The third-order valence-corrected chi connectivity index (χ3v) is 2.34. The summed E-state index contributed by atoms with van der Waals surface area (Å²) >= 11 is 0. The van der Waals surface area contributed by atoms with Gasteiger partial charge in [0.15, 0.2) is 0 Å². The van der Waals surface area contributed by atoms with Crippen molar-refractivity contribution in [2.75, 3.05) is 0 Å². The molecule has 0 bridgehead atoms. The van der Waals surface area contributed by atoms with Crippen LogP contribution in [0.25, 0.3) is 0 Å². The van der Waals surface area contributed by atoms with Gasteiger partial charge in [-0.05, 0) is 18.8 Å². The molecule has 3 heteroatoms. The standard InChI is InChI=1S/C8H12N2O/c1-6-2-3-7-4-9-8(11)10(7)5-6/h4,6H,2-3,5H2,1H3,(H,9,11). The van der Waals surface area contributed by atoms with Crippen molar-refractivity contribution in [2.24, 2.45) is 5.92 Å². The number of aromatic amines is 1. The molecule has 11 heavy (non-hydrogen) atoms. The van der Waals surface area contributed by atoms with Crippen LogP contribution in [0.2, 0.25) is 0 Å². The molecule has 0 spiro atoms. The number of hydrogen-bond acceptors (Lipinski definition) is 1. The van der Waals surface area contributed by atoms with Gasteiger partial charge in [0.2, 0.25) is 0 Å². The normalized spacial score (nSPS) is 23.2. The van der Waals surface area contributed by atoms with Crippen LogP contribution in [0.5, 0.6) is 0 Å². The zero-order valence-corrected chi connectivity index (χ0v) is 6.63. The van der Waals surface area contributed by atoms with Crippen molar-refractivity contribution in [1.29, 1.82) is 0 Å². The van der Waals surface area contributed by atoms with E-state index in [1.165, 1.54) is 6.42 Å². The molecule has 0 saturated carbocycles. The molecule has 1 N–H and O–H groups in total. The van der Waals surface area contributed by atoms with Crippen LogP contribution in [-0.2, 0) is 13.0 Å². The molecule has 3 nitrogen and oxygen atoms in total. The minimum Gasteiger partial charge on any atom is -0.312 e. The number of imidazole rings is 1. The van der Waals surface area contributed by atoms with Gasteiger partial charge in [-0.3, -0.25) is 4.57 Å². The van der Waals surface area contributed by atoms with E-state index in [-0.39, 0.29) is 5.69 Å². The smallest absolute Gasteiger partial charge is 0.312 e. The number of H-pyrrole nitrogens is 1. The highest BCUT2D eigenvalue weighted by molar-refractivity contribution is 5.01. The molecule has 2 heterocycles. The second-order valence-electron chi connectivity index (χ2n) is 3.34. The highest BCUT2D eigenvalue weighted by Crippen LogP contribution is 2.16. The summed E-state index contributed by atoms with van der Waals surface area (Å²) < 4.78 is 1.84. The number of hydrogen-bond donors (Lipinski definition) is 1. The summed E-state index contributed by atoms with van der Waals surface area (Å²) in [6.45, 7) is 3.07. The second-order valence-corrected chi connectivity index (χ2v) is 3.34. The van der Waals surface area contributed by atoms with E-state index in [0.29, 0.717) is 5.92 Å². The van der Waals surface area contributed by atoms with Crippen LogP contribution in [0.1, 0.15) is 19.0 Å². The maximum atomic E-state index is 11.1. The Balaban J connectivity index is 2.45. The molecule has 1 aromatic heterocycles. The lowest BCUT2D eigenvalue weighted by atomic mass is 10.0. The predicted molar refractivity (Wildman–Crippen MR) is 42.5 cm³/mol. The molecule has 1 aromatic rings. The van der Waals surface area contributed by atoms with Crippen LogP contribution in [0.3, 0.4) is 0 Å². The predicted octanol–water partition coefficient (Wildman–Crippen LogP) is 0.759. The summed E-state index contributed by atoms with van der Waals surface area (Å²) in [6, 6.07) is 0. The minimum atomic E-state index is 0.0477. The first-order chi connectivity index (χ1) is 5.27.